The predicted molar refractivity (Wildman–Crippen MR) is 83.6 cm³/mol. The van der Waals surface area contributed by atoms with Gasteiger partial charge in [-0.15, -0.1) is 0 Å². The number of piperidine rings is 1. The number of hydrogen-bond donors (Lipinski definition) is 2. The minimum atomic E-state index is -0.263. The quantitative estimate of drug-likeness (QED) is 0.904. The number of nitrogens with zero attached hydrogens (tertiary/aromatic N) is 3. The van der Waals surface area contributed by atoms with Crippen molar-refractivity contribution in [3.05, 3.63) is 24.3 Å². The lowest BCUT2D eigenvalue weighted by molar-refractivity contribution is 0.154. The third kappa shape index (κ3) is 2.65. The van der Waals surface area contributed by atoms with Gasteiger partial charge in [-0.3, -0.25) is 0 Å². The molecule has 4 rings (SSSR count). The Hall–Kier alpha value is -1.88. The van der Waals surface area contributed by atoms with Crippen molar-refractivity contribution >= 4 is 22.7 Å². The van der Waals surface area contributed by atoms with Crippen LogP contribution in [0.15, 0.2) is 24.3 Å². The Morgan fingerprint density at radius 2 is 1.86 bits per heavy atom. The fourth-order valence-corrected chi connectivity index (χ4v) is 2.88. The molecule has 0 spiro atoms. The summed E-state index contributed by atoms with van der Waals surface area (Å²) in [5.74, 6) is 1.75. The van der Waals surface area contributed by atoms with Crippen molar-refractivity contribution in [1.29, 1.82) is 0 Å². The number of nitrogens with one attached hydrogen (secondary N) is 1. The predicted octanol–water partition coefficient (Wildman–Crippen LogP) is 2.17. The second-order valence-electron chi connectivity index (χ2n) is 6.05. The van der Waals surface area contributed by atoms with Crippen LogP contribution in [0, 0.1) is 0 Å². The smallest absolute Gasteiger partial charge is 0.172 e. The summed E-state index contributed by atoms with van der Waals surface area (Å²) in [6.45, 7) is 1.58. The molecule has 2 fully saturated rings. The summed E-state index contributed by atoms with van der Waals surface area (Å²) in [4.78, 5) is 11.7. The summed E-state index contributed by atoms with van der Waals surface area (Å²) in [5, 5.41) is 13.4. The van der Waals surface area contributed by atoms with Crippen LogP contribution in [0.3, 0.4) is 0 Å². The number of aromatic nitrogens is 2. The van der Waals surface area contributed by atoms with Gasteiger partial charge in [0.2, 0.25) is 0 Å². The number of benzene rings is 1. The van der Waals surface area contributed by atoms with E-state index in [1.165, 1.54) is 12.8 Å². The zero-order chi connectivity index (χ0) is 14.2. The van der Waals surface area contributed by atoms with Crippen molar-refractivity contribution in [3.63, 3.8) is 0 Å². The van der Waals surface area contributed by atoms with Crippen molar-refractivity contribution in [2.24, 2.45) is 0 Å². The molecular weight excluding hydrogens is 264 g/mol. The molecular formula is C16H20N4O. The van der Waals surface area contributed by atoms with Gasteiger partial charge < -0.3 is 15.3 Å². The summed E-state index contributed by atoms with van der Waals surface area (Å²) in [6.07, 6.45) is 4.02. The summed E-state index contributed by atoms with van der Waals surface area (Å²) in [5.41, 5.74) is 1.83. The van der Waals surface area contributed by atoms with E-state index in [1.807, 2.05) is 24.3 Å². The number of aliphatic hydroxyl groups is 1. The number of hydrogen-bond acceptors (Lipinski definition) is 5. The highest BCUT2D eigenvalue weighted by atomic mass is 16.3. The normalized spacial score (nSPS) is 22.5. The van der Waals surface area contributed by atoms with E-state index in [0.717, 1.165) is 42.1 Å². The number of β-amino-alcohol motifs (C(OH)–C–C–N with tert-alkyl or cyclic N) is 1. The van der Waals surface area contributed by atoms with Crippen LogP contribution in [0.1, 0.15) is 25.7 Å². The molecule has 1 aliphatic heterocycles. The van der Waals surface area contributed by atoms with E-state index in [-0.39, 0.29) is 6.10 Å². The first kappa shape index (κ1) is 12.8. The van der Waals surface area contributed by atoms with Gasteiger partial charge in [0.15, 0.2) is 11.6 Å². The van der Waals surface area contributed by atoms with Crippen molar-refractivity contribution in [1.82, 2.24) is 9.97 Å². The van der Waals surface area contributed by atoms with Gasteiger partial charge in [-0.05, 0) is 37.8 Å². The summed E-state index contributed by atoms with van der Waals surface area (Å²) in [7, 11) is 0. The maximum atomic E-state index is 9.93. The second kappa shape index (κ2) is 5.15. The minimum absolute atomic E-state index is 0.263. The summed E-state index contributed by atoms with van der Waals surface area (Å²) < 4.78 is 0. The number of anilines is 2. The first-order chi connectivity index (χ1) is 10.3. The van der Waals surface area contributed by atoms with Gasteiger partial charge in [0.05, 0.1) is 17.1 Å². The maximum absolute atomic E-state index is 9.93. The fraction of sp³-hybridized carbons (Fsp3) is 0.500. The molecule has 5 heteroatoms. The Morgan fingerprint density at radius 1 is 1.10 bits per heavy atom. The van der Waals surface area contributed by atoms with Crippen LogP contribution in [-0.2, 0) is 0 Å². The Bertz CT molecular complexity index is 656. The van der Waals surface area contributed by atoms with Crippen LogP contribution >= 0.6 is 0 Å². The maximum Gasteiger partial charge on any atom is 0.172 e. The summed E-state index contributed by atoms with van der Waals surface area (Å²) >= 11 is 0. The lowest BCUT2D eigenvalue weighted by Gasteiger charge is -2.32. The van der Waals surface area contributed by atoms with Gasteiger partial charge in [-0.25, -0.2) is 9.97 Å². The third-order valence-corrected chi connectivity index (χ3v) is 4.17. The SMILES string of the molecule is O[C@@H]1CCCN(c2nc3ccccc3nc2NC2CC2)C1. The molecule has 1 aliphatic carbocycles. The molecule has 21 heavy (non-hydrogen) atoms. The van der Waals surface area contributed by atoms with E-state index in [4.69, 9.17) is 9.97 Å². The number of aliphatic hydroxyl groups excluding tert-OH is 1. The van der Waals surface area contributed by atoms with Crippen molar-refractivity contribution in [2.75, 3.05) is 23.3 Å². The topological polar surface area (TPSA) is 61.3 Å². The van der Waals surface area contributed by atoms with Crippen molar-refractivity contribution < 1.29 is 5.11 Å². The van der Waals surface area contributed by atoms with Crippen LogP contribution in [0.2, 0.25) is 0 Å². The molecule has 1 aromatic heterocycles. The highest BCUT2D eigenvalue weighted by Gasteiger charge is 2.27. The highest BCUT2D eigenvalue weighted by molar-refractivity contribution is 5.80. The van der Waals surface area contributed by atoms with Crippen molar-refractivity contribution in [2.45, 2.75) is 37.8 Å². The lowest BCUT2D eigenvalue weighted by atomic mass is 10.1. The average molecular weight is 284 g/mol. The standard InChI is InChI=1S/C16H20N4O/c21-12-4-3-9-20(10-12)16-15(17-11-7-8-11)18-13-5-1-2-6-14(13)19-16/h1-2,5-6,11-12,21H,3-4,7-10H2,(H,17,18)/t12-/m1/s1. The second-order valence-corrected chi connectivity index (χ2v) is 6.05. The van der Waals surface area contributed by atoms with E-state index < -0.39 is 0 Å². The van der Waals surface area contributed by atoms with Gasteiger partial charge in [-0.2, -0.15) is 0 Å². The molecule has 0 bridgehead atoms. The third-order valence-electron chi connectivity index (χ3n) is 4.17. The Labute approximate surface area is 124 Å². The molecule has 2 aromatic rings. The van der Waals surface area contributed by atoms with E-state index >= 15 is 0 Å². The molecule has 0 radical (unpaired) electrons. The molecule has 2 N–H and O–H groups in total. The zero-order valence-corrected chi connectivity index (χ0v) is 12.0. The number of para-hydroxylation sites is 2. The number of fused-ring (bicyclic) bond motifs is 1. The fourth-order valence-electron chi connectivity index (χ4n) is 2.88. The van der Waals surface area contributed by atoms with Crippen LogP contribution in [0.4, 0.5) is 11.6 Å². The summed E-state index contributed by atoms with van der Waals surface area (Å²) in [6, 6.07) is 8.50. The van der Waals surface area contributed by atoms with Gasteiger partial charge in [-0.1, -0.05) is 12.1 Å². The lowest BCUT2D eigenvalue weighted by Crippen LogP contribution is -2.39. The number of rotatable bonds is 3. The van der Waals surface area contributed by atoms with Crippen molar-refractivity contribution in [3.8, 4) is 0 Å². The molecule has 2 aliphatic rings. The zero-order valence-electron chi connectivity index (χ0n) is 12.0. The molecule has 1 saturated carbocycles. The van der Waals surface area contributed by atoms with Gasteiger partial charge in [0.1, 0.15) is 0 Å². The highest BCUT2D eigenvalue weighted by Crippen LogP contribution is 2.31. The van der Waals surface area contributed by atoms with Crippen LogP contribution in [0.5, 0.6) is 0 Å². The molecule has 1 saturated heterocycles. The van der Waals surface area contributed by atoms with E-state index in [1.54, 1.807) is 0 Å². The monoisotopic (exact) mass is 284 g/mol. The van der Waals surface area contributed by atoms with Crippen LogP contribution in [0.25, 0.3) is 11.0 Å². The minimum Gasteiger partial charge on any atom is -0.391 e. The molecule has 2 heterocycles. The van der Waals surface area contributed by atoms with E-state index in [2.05, 4.69) is 10.2 Å². The van der Waals surface area contributed by atoms with Gasteiger partial charge in [0.25, 0.3) is 0 Å². The molecule has 0 unspecified atom stereocenters. The van der Waals surface area contributed by atoms with Gasteiger partial charge >= 0.3 is 0 Å². The van der Waals surface area contributed by atoms with Crippen LogP contribution in [-0.4, -0.2) is 40.3 Å². The first-order valence-electron chi connectivity index (χ1n) is 7.76. The average Bonchev–Trinajstić information content (AvgIpc) is 3.30. The van der Waals surface area contributed by atoms with E-state index in [9.17, 15) is 5.11 Å². The first-order valence-corrected chi connectivity index (χ1v) is 7.76. The Morgan fingerprint density at radius 3 is 2.57 bits per heavy atom. The Kier molecular flexibility index (Phi) is 3.15. The molecule has 5 nitrogen and oxygen atoms in total. The molecule has 0 amide bonds. The molecule has 110 valence electrons. The molecule has 1 atom stereocenters. The van der Waals surface area contributed by atoms with E-state index in [0.29, 0.717) is 12.6 Å². The van der Waals surface area contributed by atoms with Crippen LogP contribution < -0.4 is 10.2 Å². The van der Waals surface area contributed by atoms with Gasteiger partial charge in [0, 0.05) is 19.1 Å². The largest absolute Gasteiger partial charge is 0.391 e. The molecule has 1 aromatic carbocycles. The Balaban J connectivity index is 1.76.